The largest absolute Gasteiger partial charge is 0.478 e. The average Bonchev–Trinajstić information content (AvgIpc) is 2.37. The van der Waals surface area contributed by atoms with Gasteiger partial charge in [-0.15, -0.1) is 0 Å². The molecule has 5 heteroatoms. The van der Waals surface area contributed by atoms with E-state index in [1.807, 2.05) is 17.9 Å². The number of carboxylic acids is 1. The molecule has 0 unspecified atom stereocenters. The molecule has 2 N–H and O–H groups in total. The van der Waals surface area contributed by atoms with E-state index in [4.69, 9.17) is 5.11 Å². The van der Waals surface area contributed by atoms with E-state index in [1.54, 1.807) is 26.1 Å². The van der Waals surface area contributed by atoms with Gasteiger partial charge in [0.2, 0.25) is 5.91 Å². The van der Waals surface area contributed by atoms with E-state index in [-0.39, 0.29) is 12.5 Å². The minimum Gasteiger partial charge on any atom is -0.478 e. The Labute approximate surface area is 113 Å². The number of anilines is 1. The van der Waals surface area contributed by atoms with Crippen LogP contribution in [-0.4, -0.2) is 37.1 Å². The van der Waals surface area contributed by atoms with Gasteiger partial charge in [-0.2, -0.15) is 0 Å². The van der Waals surface area contributed by atoms with Crippen LogP contribution in [0.5, 0.6) is 0 Å². The molecule has 1 amide bonds. The Kier molecular flexibility index (Phi) is 5.36. The first-order valence-corrected chi connectivity index (χ1v) is 6.29. The van der Waals surface area contributed by atoms with Crippen LogP contribution in [0.2, 0.25) is 0 Å². The summed E-state index contributed by atoms with van der Waals surface area (Å²) in [6, 6.07) is 5.14. The van der Waals surface area contributed by atoms with Crippen LogP contribution in [-0.2, 0) is 4.79 Å². The zero-order chi connectivity index (χ0) is 14.4. The van der Waals surface area contributed by atoms with Crippen LogP contribution in [0, 0.1) is 6.92 Å². The van der Waals surface area contributed by atoms with Gasteiger partial charge >= 0.3 is 5.97 Å². The smallest absolute Gasteiger partial charge is 0.335 e. The number of rotatable bonds is 6. The van der Waals surface area contributed by atoms with Crippen LogP contribution in [0.1, 0.15) is 29.3 Å². The Hall–Kier alpha value is -2.04. The van der Waals surface area contributed by atoms with Gasteiger partial charge in [0, 0.05) is 19.3 Å². The van der Waals surface area contributed by atoms with Gasteiger partial charge in [0.25, 0.3) is 0 Å². The van der Waals surface area contributed by atoms with E-state index in [9.17, 15) is 9.59 Å². The van der Waals surface area contributed by atoms with Crippen molar-refractivity contribution in [3.8, 4) is 0 Å². The second-order valence-corrected chi connectivity index (χ2v) is 4.40. The van der Waals surface area contributed by atoms with Gasteiger partial charge in [0.15, 0.2) is 0 Å². The average molecular weight is 264 g/mol. The molecule has 5 nitrogen and oxygen atoms in total. The molecule has 0 atom stereocenters. The Morgan fingerprint density at radius 2 is 2.05 bits per heavy atom. The Morgan fingerprint density at radius 1 is 1.37 bits per heavy atom. The highest BCUT2D eigenvalue weighted by Gasteiger charge is 2.13. The molecule has 0 aliphatic rings. The molecule has 0 fully saturated rings. The molecule has 1 aromatic rings. The third kappa shape index (κ3) is 3.98. The number of amides is 1. The van der Waals surface area contributed by atoms with Crippen molar-refractivity contribution in [1.82, 2.24) is 5.32 Å². The van der Waals surface area contributed by atoms with Crippen LogP contribution in [0.25, 0.3) is 0 Å². The SMILES string of the molecule is CCCN(CC(=O)NC)c1ccc(C(=O)O)c(C)c1. The highest BCUT2D eigenvalue weighted by atomic mass is 16.4. The lowest BCUT2D eigenvalue weighted by Crippen LogP contribution is -2.36. The van der Waals surface area contributed by atoms with Crippen LogP contribution in [0.3, 0.4) is 0 Å². The van der Waals surface area contributed by atoms with E-state index < -0.39 is 5.97 Å². The van der Waals surface area contributed by atoms with Crippen molar-refractivity contribution < 1.29 is 14.7 Å². The number of benzene rings is 1. The fourth-order valence-electron chi connectivity index (χ4n) is 1.91. The fourth-order valence-corrected chi connectivity index (χ4v) is 1.91. The molecule has 0 saturated carbocycles. The summed E-state index contributed by atoms with van der Waals surface area (Å²) in [4.78, 5) is 24.4. The van der Waals surface area contributed by atoms with Gasteiger partial charge in [-0.3, -0.25) is 4.79 Å². The lowest BCUT2D eigenvalue weighted by atomic mass is 10.1. The number of aryl methyl sites for hydroxylation is 1. The van der Waals surface area contributed by atoms with Gasteiger partial charge in [0.05, 0.1) is 12.1 Å². The Bertz CT molecular complexity index is 472. The molecule has 0 aliphatic heterocycles. The standard InChI is InChI=1S/C14H20N2O3/c1-4-7-16(9-13(17)15-3)11-5-6-12(14(18)19)10(2)8-11/h5-6,8H,4,7,9H2,1-3H3,(H,15,17)(H,18,19). The quantitative estimate of drug-likeness (QED) is 0.819. The number of nitrogens with one attached hydrogen (secondary N) is 1. The third-order valence-electron chi connectivity index (χ3n) is 2.91. The molecule has 0 bridgehead atoms. The topological polar surface area (TPSA) is 69.6 Å². The van der Waals surface area contributed by atoms with E-state index in [0.717, 1.165) is 18.7 Å². The number of carboxylic acid groups (broad SMARTS) is 1. The van der Waals surface area contributed by atoms with Crippen LogP contribution in [0.4, 0.5) is 5.69 Å². The molecule has 0 spiro atoms. The van der Waals surface area contributed by atoms with Crippen molar-refractivity contribution in [2.75, 3.05) is 25.0 Å². The molecule has 0 radical (unpaired) electrons. The van der Waals surface area contributed by atoms with Crippen LogP contribution >= 0.6 is 0 Å². The Morgan fingerprint density at radius 3 is 2.53 bits per heavy atom. The number of nitrogens with zero attached hydrogens (tertiary/aromatic N) is 1. The van der Waals surface area contributed by atoms with Crippen LogP contribution in [0.15, 0.2) is 18.2 Å². The van der Waals surface area contributed by atoms with Gasteiger partial charge in [-0.05, 0) is 37.1 Å². The first kappa shape index (κ1) is 15.0. The van der Waals surface area contributed by atoms with E-state index in [2.05, 4.69) is 5.32 Å². The first-order valence-electron chi connectivity index (χ1n) is 6.29. The number of likely N-dealkylation sites (N-methyl/N-ethyl adjacent to an activating group) is 1. The predicted octanol–water partition coefficient (Wildman–Crippen LogP) is 1.66. The van der Waals surface area contributed by atoms with Gasteiger partial charge in [-0.1, -0.05) is 6.92 Å². The van der Waals surface area contributed by atoms with E-state index >= 15 is 0 Å². The molecule has 19 heavy (non-hydrogen) atoms. The summed E-state index contributed by atoms with van der Waals surface area (Å²) < 4.78 is 0. The van der Waals surface area contributed by atoms with E-state index in [1.165, 1.54) is 0 Å². The molecule has 0 saturated heterocycles. The molecule has 1 rings (SSSR count). The summed E-state index contributed by atoms with van der Waals surface area (Å²) in [6.07, 6.45) is 0.913. The summed E-state index contributed by atoms with van der Waals surface area (Å²) in [5.74, 6) is -0.995. The van der Waals surface area contributed by atoms with Crippen molar-refractivity contribution in [1.29, 1.82) is 0 Å². The number of carbonyl (C=O) groups is 2. The number of hydrogen-bond donors (Lipinski definition) is 2. The van der Waals surface area contributed by atoms with Gasteiger partial charge in [-0.25, -0.2) is 4.79 Å². The zero-order valence-electron chi connectivity index (χ0n) is 11.6. The highest BCUT2D eigenvalue weighted by Crippen LogP contribution is 2.19. The van der Waals surface area contributed by atoms with Crippen molar-refractivity contribution >= 4 is 17.6 Å². The van der Waals surface area contributed by atoms with Crippen molar-refractivity contribution in [2.24, 2.45) is 0 Å². The van der Waals surface area contributed by atoms with Crippen molar-refractivity contribution in [2.45, 2.75) is 20.3 Å². The second kappa shape index (κ2) is 6.78. The molecular formula is C14H20N2O3. The normalized spacial score (nSPS) is 10.1. The van der Waals surface area contributed by atoms with Gasteiger partial charge in [0.1, 0.15) is 0 Å². The summed E-state index contributed by atoms with van der Waals surface area (Å²) in [7, 11) is 1.60. The highest BCUT2D eigenvalue weighted by molar-refractivity contribution is 5.90. The second-order valence-electron chi connectivity index (χ2n) is 4.40. The monoisotopic (exact) mass is 264 g/mol. The fraction of sp³-hybridized carbons (Fsp3) is 0.429. The van der Waals surface area contributed by atoms with Crippen LogP contribution < -0.4 is 10.2 Å². The summed E-state index contributed by atoms with van der Waals surface area (Å²) in [5.41, 5.74) is 1.86. The number of aromatic carboxylic acids is 1. The van der Waals surface area contributed by atoms with Crippen molar-refractivity contribution in [3.05, 3.63) is 29.3 Å². The van der Waals surface area contributed by atoms with E-state index in [0.29, 0.717) is 11.1 Å². The molecular weight excluding hydrogens is 244 g/mol. The first-order chi connectivity index (χ1) is 8.99. The number of carbonyl (C=O) groups excluding carboxylic acids is 1. The van der Waals surface area contributed by atoms with Gasteiger partial charge < -0.3 is 15.3 Å². The maximum atomic E-state index is 11.5. The molecule has 0 aliphatic carbocycles. The summed E-state index contributed by atoms with van der Waals surface area (Å²) >= 11 is 0. The molecule has 0 aromatic heterocycles. The third-order valence-corrected chi connectivity index (χ3v) is 2.91. The Balaban J connectivity index is 2.99. The summed E-state index contributed by atoms with van der Waals surface area (Å²) in [6.45, 7) is 4.82. The molecule has 0 heterocycles. The van der Waals surface area contributed by atoms with Crippen molar-refractivity contribution in [3.63, 3.8) is 0 Å². The lowest BCUT2D eigenvalue weighted by molar-refractivity contribution is -0.119. The minimum absolute atomic E-state index is 0.0617. The number of hydrogen-bond acceptors (Lipinski definition) is 3. The molecule has 104 valence electrons. The molecule has 1 aromatic carbocycles. The maximum Gasteiger partial charge on any atom is 0.335 e. The maximum absolute atomic E-state index is 11.5. The minimum atomic E-state index is -0.933. The predicted molar refractivity (Wildman–Crippen MR) is 74.7 cm³/mol. The summed E-state index contributed by atoms with van der Waals surface area (Å²) in [5, 5.41) is 11.6. The lowest BCUT2D eigenvalue weighted by Gasteiger charge is -2.24. The zero-order valence-corrected chi connectivity index (χ0v) is 11.6.